The predicted octanol–water partition coefficient (Wildman–Crippen LogP) is 2.50. The van der Waals surface area contributed by atoms with Gasteiger partial charge in [-0.05, 0) is 55.4 Å². The van der Waals surface area contributed by atoms with E-state index in [1.807, 2.05) is 6.07 Å². The highest BCUT2D eigenvalue weighted by Gasteiger charge is 2.27. The normalized spacial score (nSPS) is 18.4. The molecule has 5 nitrogen and oxygen atoms in total. The summed E-state index contributed by atoms with van der Waals surface area (Å²) >= 11 is 0. The van der Waals surface area contributed by atoms with Crippen molar-refractivity contribution in [1.29, 1.82) is 0 Å². The second-order valence-electron chi connectivity index (χ2n) is 5.87. The number of hydrogen-bond acceptors (Lipinski definition) is 2. The molecule has 2 aliphatic rings. The summed E-state index contributed by atoms with van der Waals surface area (Å²) < 4.78 is 0. The van der Waals surface area contributed by atoms with Crippen LogP contribution in [-0.2, 0) is 17.6 Å². The van der Waals surface area contributed by atoms with Crippen molar-refractivity contribution in [2.75, 3.05) is 18.4 Å². The number of carbonyl (C=O) groups is 2. The number of aryl methyl sites for hydroxylation is 2. The van der Waals surface area contributed by atoms with E-state index in [0.29, 0.717) is 25.9 Å². The van der Waals surface area contributed by atoms with Crippen LogP contribution < -0.4 is 5.32 Å². The van der Waals surface area contributed by atoms with Crippen LogP contribution in [0.15, 0.2) is 18.2 Å². The molecule has 0 saturated carbocycles. The summed E-state index contributed by atoms with van der Waals surface area (Å²) in [6.07, 6.45) is 4.48. The number of amides is 2. The molecule has 0 aromatic heterocycles. The monoisotopic (exact) mass is 288 g/mol. The van der Waals surface area contributed by atoms with Crippen molar-refractivity contribution >= 4 is 17.7 Å². The Balaban J connectivity index is 1.58. The minimum atomic E-state index is -0.756. The molecule has 1 aromatic carbocycles. The molecular formula is C16H20N2O3. The van der Waals surface area contributed by atoms with Crippen LogP contribution in [0.3, 0.4) is 0 Å². The van der Waals surface area contributed by atoms with Gasteiger partial charge in [-0.3, -0.25) is 4.79 Å². The average Bonchev–Trinajstić information content (AvgIpc) is 2.95. The Morgan fingerprint density at radius 3 is 2.57 bits per heavy atom. The Hall–Kier alpha value is -2.04. The van der Waals surface area contributed by atoms with Gasteiger partial charge < -0.3 is 15.3 Å². The number of aliphatic carboxylic acids is 1. The lowest BCUT2D eigenvalue weighted by Crippen LogP contribution is -2.42. The number of likely N-dealkylation sites (tertiary alicyclic amines) is 1. The van der Waals surface area contributed by atoms with E-state index in [4.69, 9.17) is 5.11 Å². The highest BCUT2D eigenvalue weighted by Crippen LogP contribution is 2.25. The summed E-state index contributed by atoms with van der Waals surface area (Å²) in [5.74, 6) is -1.07. The largest absolute Gasteiger partial charge is 0.481 e. The topological polar surface area (TPSA) is 69.6 Å². The van der Waals surface area contributed by atoms with Gasteiger partial charge in [-0.2, -0.15) is 0 Å². The van der Waals surface area contributed by atoms with Gasteiger partial charge in [0.25, 0.3) is 0 Å². The molecule has 0 radical (unpaired) electrons. The first-order valence-electron chi connectivity index (χ1n) is 7.54. The Labute approximate surface area is 123 Å². The number of carboxylic acids is 1. The fraction of sp³-hybridized carbons (Fsp3) is 0.500. The molecule has 0 unspecified atom stereocenters. The van der Waals surface area contributed by atoms with Crippen molar-refractivity contribution in [2.45, 2.75) is 32.1 Å². The van der Waals surface area contributed by atoms with Gasteiger partial charge in [-0.15, -0.1) is 0 Å². The SMILES string of the molecule is O=C(O)C1CCN(C(=O)Nc2ccc3c(c2)CCC3)CC1. The van der Waals surface area contributed by atoms with Gasteiger partial charge in [0, 0.05) is 18.8 Å². The summed E-state index contributed by atoms with van der Waals surface area (Å²) in [4.78, 5) is 24.8. The molecule has 0 atom stereocenters. The predicted molar refractivity (Wildman–Crippen MR) is 79.4 cm³/mol. The maximum atomic E-state index is 12.2. The zero-order valence-electron chi connectivity index (χ0n) is 12.0. The third-order valence-corrected chi connectivity index (χ3v) is 4.48. The maximum absolute atomic E-state index is 12.2. The highest BCUT2D eigenvalue weighted by atomic mass is 16.4. The van der Waals surface area contributed by atoms with Gasteiger partial charge in [-0.1, -0.05) is 6.07 Å². The molecule has 0 spiro atoms. The summed E-state index contributed by atoms with van der Waals surface area (Å²) in [6, 6.07) is 5.97. The Kier molecular flexibility index (Phi) is 3.82. The van der Waals surface area contributed by atoms with Crippen LogP contribution in [0.2, 0.25) is 0 Å². The molecule has 2 amide bonds. The minimum absolute atomic E-state index is 0.128. The van der Waals surface area contributed by atoms with Crippen LogP contribution >= 0.6 is 0 Å². The van der Waals surface area contributed by atoms with E-state index >= 15 is 0 Å². The molecule has 0 bridgehead atoms. The molecule has 1 aliphatic carbocycles. The van der Waals surface area contributed by atoms with Crippen molar-refractivity contribution in [2.24, 2.45) is 5.92 Å². The van der Waals surface area contributed by atoms with Crippen LogP contribution in [0.25, 0.3) is 0 Å². The molecule has 1 aliphatic heterocycles. The van der Waals surface area contributed by atoms with Gasteiger partial charge in [0.1, 0.15) is 0 Å². The highest BCUT2D eigenvalue weighted by molar-refractivity contribution is 5.89. The third kappa shape index (κ3) is 3.01. The van der Waals surface area contributed by atoms with E-state index in [1.54, 1.807) is 4.90 Å². The van der Waals surface area contributed by atoms with Gasteiger partial charge >= 0.3 is 12.0 Å². The van der Waals surface area contributed by atoms with Crippen LogP contribution in [0.1, 0.15) is 30.4 Å². The molecule has 112 valence electrons. The summed E-state index contributed by atoms with van der Waals surface area (Å²) in [7, 11) is 0. The smallest absolute Gasteiger partial charge is 0.321 e. The third-order valence-electron chi connectivity index (χ3n) is 4.48. The molecule has 2 N–H and O–H groups in total. The average molecular weight is 288 g/mol. The quantitative estimate of drug-likeness (QED) is 0.878. The number of hydrogen-bond donors (Lipinski definition) is 2. The number of anilines is 1. The van der Waals surface area contributed by atoms with Crippen LogP contribution in [0, 0.1) is 5.92 Å². The standard InChI is InChI=1S/C16H20N2O3/c19-15(20)12-6-8-18(9-7-12)16(21)17-14-5-4-11-2-1-3-13(11)10-14/h4-5,10,12H,1-3,6-9H2,(H,17,21)(H,19,20). The number of carbonyl (C=O) groups excluding carboxylic acids is 1. The molecular weight excluding hydrogens is 268 g/mol. The van der Waals surface area contributed by atoms with E-state index in [9.17, 15) is 9.59 Å². The fourth-order valence-electron chi connectivity index (χ4n) is 3.18. The number of rotatable bonds is 2. The lowest BCUT2D eigenvalue weighted by atomic mass is 9.97. The van der Waals surface area contributed by atoms with Crippen molar-refractivity contribution in [3.63, 3.8) is 0 Å². The second-order valence-corrected chi connectivity index (χ2v) is 5.87. The van der Waals surface area contributed by atoms with Gasteiger partial charge in [0.15, 0.2) is 0 Å². The summed E-state index contributed by atoms with van der Waals surface area (Å²) in [5, 5.41) is 11.9. The number of nitrogens with zero attached hydrogens (tertiary/aromatic N) is 1. The number of piperidine rings is 1. The Morgan fingerprint density at radius 2 is 1.86 bits per heavy atom. The van der Waals surface area contributed by atoms with Crippen molar-refractivity contribution in [3.05, 3.63) is 29.3 Å². The molecule has 3 rings (SSSR count). The minimum Gasteiger partial charge on any atom is -0.481 e. The molecule has 1 heterocycles. The zero-order chi connectivity index (χ0) is 14.8. The van der Waals surface area contributed by atoms with Crippen LogP contribution in [-0.4, -0.2) is 35.1 Å². The number of urea groups is 1. The first-order valence-corrected chi connectivity index (χ1v) is 7.54. The molecule has 5 heteroatoms. The first kappa shape index (κ1) is 13.9. The van der Waals surface area contributed by atoms with Gasteiger partial charge in [0.05, 0.1) is 5.92 Å². The Bertz CT molecular complexity index is 563. The molecule has 1 saturated heterocycles. The van der Waals surface area contributed by atoms with E-state index in [1.165, 1.54) is 17.5 Å². The van der Waals surface area contributed by atoms with Crippen molar-refractivity contribution in [3.8, 4) is 0 Å². The number of nitrogens with one attached hydrogen (secondary N) is 1. The lowest BCUT2D eigenvalue weighted by Gasteiger charge is -2.30. The Morgan fingerprint density at radius 1 is 1.14 bits per heavy atom. The number of fused-ring (bicyclic) bond motifs is 1. The molecule has 1 aromatic rings. The van der Waals surface area contributed by atoms with Crippen molar-refractivity contribution in [1.82, 2.24) is 4.90 Å². The van der Waals surface area contributed by atoms with E-state index in [2.05, 4.69) is 17.4 Å². The molecule has 1 fully saturated rings. The van der Waals surface area contributed by atoms with E-state index in [0.717, 1.165) is 18.5 Å². The molecule has 21 heavy (non-hydrogen) atoms. The van der Waals surface area contributed by atoms with E-state index in [-0.39, 0.29) is 11.9 Å². The second kappa shape index (κ2) is 5.76. The first-order chi connectivity index (χ1) is 10.1. The van der Waals surface area contributed by atoms with Crippen LogP contribution in [0.4, 0.5) is 10.5 Å². The van der Waals surface area contributed by atoms with Crippen molar-refractivity contribution < 1.29 is 14.7 Å². The lowest BCUT2D eigenvalue weighted by molar-refractivity contribution is -0.143. The zero-order valence-corrected chi connectivity index (χ0v) is 12.0. The maximum Gasteiger partial charge on any atom is 0.321 e. The summed E-state index contributed by atoms with van der Waals surface area (Å²) in [6.45, 7) is 1.02. The number of benzene rings is 1. The summed E-state index contributed by atoms with van der Waals surface area (Å²) in [5.41, 5.74) is 3.55. The fourth-order valence-corrected chi connectivity index (χ4v) is 3.18. The van der Waals surface area contributed by atoms with Gasteiger partial charge in [0.2, 0.25) is 0 Å². The van der Waals surface area contributed by atoms with Gasteiger partial charge in [-0.25, -0.2) is 4.79 Å². The van der Waals surface area contributed by atoms with E-state index < -0.39 is 5.97 Å². The number of carboxylic acid groups (broad SMARTS) is 1. The van der Waals surface area contributed by atoms with Crippen LogP contribution in [0.5, 0.6) is 0 Å².